The van der Waals surface area contributed by atoms with Crippen molar-refractivity contribution < 1.29 is 18.7 Å². The number of halogens is 1. The number of rotatable bonds is 12. The highest BCUT2D eigenvalue weighted by molar-refractivity contribution is 7.13. The highest BCUT2D eigenvalue weighted by atomic mass is 32.1. The highest BCUT2D eigenvalue weighted by Crippen LogP contribution is 2.37. The Kier molecular flexibility index (Phi) is 8.54. The summed E-state index contributed by atoms with van der Waals surface area (Å²) in [7, 11) is -1.23. The number of pyridine rings is 1. The number of amides is 1. The SMILES string of the molecule is CCOC1CC(n2cc(NC(=O)c3csc(-c4cnn(COCC[Si](C)(C)C)c4F)n3)c(-c3ccccn3)n2)C1. The van der Waals surface area contributed by atoms with Crippen LogP contribution in [0.5, 0.6) is 0 Å². The zero-order chi connectivity index (χ0) is 28.3. The summed E-state index contributed by atoms with van der Waals surface area (Å²) >= 11 is 1.18. The van der Waals surface area contributed by atoms with Crippen molar-refractivity contribution in [1.82, 2.24) is 29.5 Å². The van der Waals surface area contributed by atoms with Gasteiger partial charge in [0.05, 0.1) is 35.3 Å². The van der Waals surface area contributed by atoms with E-state index in [1.54, 1.807) is 11.6 Å². The predicted octanol–water partition coefficient (Wildman–Crippen LogP) is 5.71. The standard InChI is InChI=1S/C27H34FN7O3SSi/c1-5-38-19-12-18(13-19)34-15-22(24(33-34)21-8-6-7-9-29-21)31-26(36)23-16-39-27(32-23)20-14-30-35(25(20)28)17-37-10-11-40(2,3)4/h6-9,14-16,18-19H,5,10-13,17H2,1-4H3,(H,31,36). The third-order valence-corrected chi connectivity index (χ3v) is 9.27. The van der Waals surface area contributed by atoms with E-state index in [1.165, 1.54) is 22.2 Å². The summed E-state index contributed by atoms with van der Waals surface area (Å²) < 4.78 is 29.4. The Morgan fingerprint density at radius 1 is 1.27 bits per heavy atom. The summed E-state index contributed by atoms with van der Waals surface area (Å²) in [6.07, 6.45) is 6.88. The van der Waals surface area contributed by atoms with Crippen LogP contribution in [0.2, 0.25) is 25.7 Å². The average Bonchev–Trinajstić information content (AvgIpc) is 3.63. The number of anilines is 1. The number of carbonyl (C=O) groups is 1. The molecule has 5 rings (SSSR count). The second-order valence-electron chi connectivity index (χ2n) is 11.0. The smallest absolute Gasteiger partial charge is 0.275 e. The fourth-order valence-electron chi connectivity index (χ4n) is 4.31. The number of hydrogen-bond donors (Lipinski definition) is 1. The highest BCUT2D eigenvalue weighted by Gasteiger charge is 2.33. The number of carbonyl (C=O) groups excluding carboxylic acids is 1. The largest absolute Gasteiger partial charge is 0.378 e. The number of nitrogens with zero attached hydrogens (tertiary/aromatic N) is 6. The van der Waals surface area contributed by atoms with Gasteiger partial charge in [0.15, 0.2) is 0 Å². The van der Waals surface area contributed by atoms with Gasteiger partial charge in [0.2, 0.25) is 5.95 Å². The first-order chi connectivity index (χ1) is 19.2. The number of nitrogens with one attached hydrogen (secondary N) is 1. The minimum Gasteiger partial charge on any atom is -0.378 e. The maximum absolute atomic E-state index is 15.0. The monoisotopic (exact) mass is 583 g/mol. The molecule has 1 aliphatic rings. The molecule has 0 bridgehead atoms. The molecular weight excluding hydrogens is 549 g/mol. The van der Waals surface area contributed by atoms with Gasteiger partial charge in [0, 0.05) is 39.1 Å². The number of aromatic nitrogens is 6. The predicted molar refractivity (Wildman–Crippen MR) is 154 cm³/mol. The first kappa shape index (κ1) is 28.3. The van der Waals surface area contributed by atoms with Crippen LogP contribution in [0.25, 0.3) is 22.0 Å². The molecule has 1 amide bonds. The lowest BCUT2D eigenvalue weighted by Crippen LogP contribution is -2.33. The van der Waals surface area contributed by atoms with Crippen molar-refractivity contribution in [2.24, 2.45) is 0 Å². The summed E-state index contributed by atoms with van der Waals surface area (Å²) in [5, 5.41) is 13.8. The second kappa shape index (κ2) is 12.1. The third-order valence-electron chi connectivity index (χ3n) is 6.69. The van der Waals surface area contributed by atoms with Gasteiger partial charge in [-0.2, -0.15) is 14.6 Å². The topological polar surface area (TPSA) is 109 Å². The molecule has 0 saturated heterocycles. The summed E-state index contributed by atoms with van der Waals surface area (Å²) in [6.45, 7) is 10.1. The van der Waals surface area contributed by atoms with E-state index in [0.717, 1.165) is 18.9 Å². The Hall–Kier alpha value is -3.26. The number of ether oxygens (including phenoxy) is 2. The zero-order valence-electron chi connectivity index (χ0n) is 23.1. The van der Waals surface area contributed by atoms with Crippen molar-refractivity contribution in [1.29, 1.82) is 0 Å². The van der Waals surface area contributed by atoms with Gasteiger partial charge < -0.3 is 14.8 Å². The van der Waals surface area contributed by atoms with E-state index >= 15 is 4.39 Å². The molecule has 4 aromatic rings. The van der Waals surface area contributed by atoms with Gasteiger partial charge in [-0.3, -0.25) is 14.5 Å². The van der Waals surface area contributed by atoms with Crippen LogP contribution in [0, 0.1) is 5.95 Å². The summed E-state index contributed by atoms with van der Waals surface area (Å²) in [4.78, 5) is 22.0. The van der Waals surface area contributed by atoms with Crippen molar-refractivity contribution in [3.8, 4) is 22.0 Å². The molecule has 0 aliphatic heterocycles. The molecular formula is C27H34FN7O3SSi. The van der Waals surface area contributed by atoms with Gasteiger partial charge in [0.25, 0.3) is 5.91 Å². The first-order valence-corrected chi connectivity index (χ1v) is 18.0. The van der Waals surface area contributed by atoms with E-state index in [1.807, 2.05) is 36.0 Å². The van der Waals surface area contributed by atoms with Crippen molar-refractivity contribution in [2.45, 2.75) is 64.3 Å². The minimum atomic E-state index is -1.23. The van der Waals surface area contributed by atoms with E-state index in [4.69, 9.17) is 14.6 Å². The van der Waals surface area contributed by atoms with E-state index in [-0.39, 0.29) is 30.1 Å². The summed E-state index contributed by atoms with van der Waals surface area (Å²) in [5.41, 5.74) is 2.17. The first-order valence-electron chi connectivity index (χ1n) is 13.4. The summed E-state index contributed by atoms with van der Waals surface area (Å²) in [6, 6.07) is 6.73. The van der Waals surface area contributed by atoms with Crippen LogP contribution < -0.4 is 5.32 Å². The Bertz CT molecular complexity index is 1440. The van der Waals surface area contributed by atoms with E-state index < -0.39 is 19.9 Å². The van der Waals surface area contributed by atoms with Crippen LogP contribution in [-0.2, 0) is 16.2 Å². The van der Waals surface area contributed by atoms with Crippen LogP contribution in [0.4, 0.5) is 10.1 Å². The maximum atomic E-state index is 15.0. The fourth-order valence-corrected chi connectivity index (χ4v) is 5.86. The van der Waals surface area contributed by atoms with Crippen LogP contribution >= 0.6 is 11.3 Å². The molecule has 0 unspecified atom stereocenters. The lowest BCUT2D eigenvalue weighted by atomic mass is 9.89. The molecule has 0 spiro atoms. The molecule has 0 radical (unpaired) electrons. The van der Waals surface area contributed by atoms with Crippen LogP contribution in [0.15, 0.2) is 42.2 Å². The minimum absolute atomic E-state index is 0.0294. The molecule has 1 saturated carbocycles. The van der Waals surface area contributed by atoms with Gasteiger partial charge in [-0.25, -0.2) is 9.67 Å². The van der Waals surface area contributed by atoms with Gasteiger partial charge in [-0.1, -0.05) is 25.7 Å². The molecule has 10 nitrogen and oxygen atoms in total. The molecule has 1 aliphatic carbocycles. The lowest BCUT2D eigenvalue weighted by Gasteiger charge is -2.34. The quantitative estimate of drug-likeness (QED) is 0.168. The number of hydrogen-bond acceptors (Lipinski definition) is 8. The van der Waals surface area contributed by atoms with Gasteiger partial charge in [0.1, 0.15) is 23.1 Å². The molecule has 4 aromatic heterocycles. The average molecular weight is 584 g/mol. The Labute approximate surface area is 237 Å². The molecule has 0 aromatic carbocycles. The van der Waals surface area contributed by atoms with Gasteiger partial charge in [-0.05, 0) is 37.9 Å². The fraction of sp³-hybridized carbons (Fsp3) is 0.444. The second-order valence-corrected chi connectivity index (χ2v) is 17.5. The van der Waals surface area contributed by atoms with Gasteiger partial charge >= 0.3 is 0 Å². The van der Waals surface area contributed by atoms with E-state index in [2.05, 4.69) is 40.0 Å². The van der Waals surface area contributed by atoms with Gasteiger partial charge in [-0.15, -0.1) is 11.3 Å². The molecule has 1 fully saturated rings. The van der Waals surface area contributed by atoms with Crippen molar-refractivity contribution in [3.63, 3.8) is 0 Å². The molecule has 0 atom stereocenters. The van der Waals surface area contributed by atoms with Crippen molar-refractivity contribution in [3.05, 3.63) is 53.8 Å². The molecule has 13 heteroatoms. The Morgan fingerprint density at radius 2 is 2.10 bits per heavy atom. The molecule has 1 N–H and O–H groups in total. The Morgan fingerprint density at radius 3 is 2.83 bits per heavy atom. The third kappa shape index (κ3) is 6.54. The van der Waals surface area contributed by atoms with Crippen LogP contribution in [-0.4, -0.2) is 62.8 Å². The van der Waals surface area contributed by atoms with Crippen LogP contribution in [0.3, 0.4) is 0 Å². The Balaban J connectivity index is 1.28. The van der Waals surface area contributed by atoms with E-state index in [0.29, 0.717) is 35.3 Å². The van der Waals surface area contributed by atoms with Crippen LogP contribution in [0.1, 0.15) is 36.3 Å². The lowest BCUT2D eigenvalue weighted by molar-refractivity contribution is -0.0226. The van der Waals surface area contributed by atoms with Crippen molar-refractivity contribution in [2.75, 3.05) is 18.5 Å². The molecule has 212 valence electrons. The normalized spacial score (nSPS) is 17.1. The van der Waals surface area contributed by atoms with E-state index in [9.17, 15) is 4.79 Å². The maximum Gasteiger partial charge on any atom is 0.275 e. The molecule has 40 heavy (non-hydrogen) atoms. The summed E-state index contributed by atoms with van der Waals surface area (Å²) in [5.74, 6) is -0.957. The number of thiazole rings is 1. The van der Waals surface area contributed by atoms with Crippen molar-refractivity contribution >= 4 is 31.0 Å². The zero-order valence-corrected chi connectivity index (χ0v) is 24.9. The molecule has 4 heterocycles.